The average molecular weight is 393 g/mol. The molecule has 0 radical (unpaired) electrons. The van der Waals surface area contributed by atoms with Crippen molar-refractivity contribution in [2.75, 3.05) is 31.1 Å². The Hall–Kier alpha value is -2.96. The number of carbonyl (C=O) groups excluding carboxylic acids is 1. The van der Waals surface area contributed by atoms with Crippen molar-refractivity contribution in [2.45, 2.75) is 34.1 Å². The zero-order valence-electron chi connectivity index (χ0n) is 17.6. The minimum absolute atomic E-state index is 0.0340. The van der Waals surface area contributed by atoms with Gasteiger partial charge in [0.2, 0.25) is 5.91 Å². The molecule has 2 aromatic heterocycles. The van der Waals surface area contributed by atoms with Gasteiger partial charge >= 0.3 is 0 Å². The maximum atomic E-state index is 12.3. The van der Waals surface area contributed by atoms with Crippen molar-refractivity contribution in [3.05, 3.63) is 41.9 Å². The fraction of sp³-hybridized carbons (Fsp3) is 0.455. The second-order valence-electron chi connectivity index (χ2n) is 7.91. The second-order valence-corrected chi connectivity index (χ2v) is 7.91. The van der Waals surface area contributed by atoms with Crippen molar-refractivity contribution in [1.82, 2.24) is 24.6 Å². The molecule has 1 fully saturated rings. The predicted octanol–water partition coefficient (Wildman–Crippen LogP) is 2.99. The largest absolute Gasteiger partial charge is 0.352 e. The first-order valence-corrected chi connectivity index (χ1v) is 10.3. The van der Waals surface area contributed by atoms with Crippen molar-refractivity contribution in [1.29, 1.82) is 0 Å². The van der Waals surface area contributed by atoms with E-state index in [0.29, 0.717) is 0 Å². The molecule has 3 aromatic rings. The van der Waals surface area contributed by atoms with E-state index in [1.165, 1.54) is 5.56 Å². The lowest BCUT2D eigenvalue weighted by Gasteiger charge is -2.36. The first kappa shape index (κ1) is 19.4. The highest BCUT2D eigenvalue weighted by molar-refractivity contribution is 5.88. The lowest BCUT2D eigenvalue weighted by Crippen LogP contribution is -2.50. The molecule has 4 rings (SSSR count). The fourth-order valence-corrected chi connectivity index (χ4v) is 3.71. The zero-order valence-corrected chi connectivity index (χ0v) is 17.6. The van der Waals surface area contributed by atoms with E-state index in [1.54, 1.807) is 0 Å². The number of rotatable bonds is 4. The fourth-order valence-electron chi connectivity index (χ4n) is 3.71. The molecular weight excluding hydrogens is 364 g/mol. The van der Waals surface area contributed by atoms with Gasteiger partial charge < -0.3 is 9.80 Å². The van der Waals surface area contributed by atoms with Gasteiger partial charge in [-0.05, 0) is 19.1 Å². The van der Waals surface area contributed by atoms with Crippen LogP contribution in [0, 0.1) is 12.8 Å². The summed E-state index contributed by atoms with van der Waals surface area (Å²) < 4.78 is 1.89. The first-order valence-electron chi connectivity index (χ1n) is 10.3. The monoisotopic (exact) mass is 392 g/mol. The Morgan fingerprint density at radius 3 is 2.38 bits per heavy atom. The highest BCUT2D eigenvalue weighted by atomic mass is 16.2. The normalized spacial score (nSPS) is 14.8. The average Bonchev–Trinajstić information content (AvgIpc) is 3.17. The SMILES string of the molecule is CCc1nc(N2CCN(C(=O)C(C)C)CC2)c2cnn(-c3ccc(C)cc3)c2n1. The van der Waals surface area contributed by atoms with Gasteiger partial charge in [0.25, 0.3) is 0 Å². The molecule has 1 aliphatic rings. The van der Waals surface area contributed by atoms with Crippen LogP contribution in [0.25, 0.3) is 16.7 Å². The molecule has 1 amide bonds. The summed E-state index contributed by atoms with van der Waals surface area (Å²) in [5.74, 6) is 1.98. The number of anilines is 1. The summed E-state index contributed by atoms with van der Waals surface area (Å²) in [6.07, 6.45) is 2.61. The minimum Gasteiger partial charge on any atom is -0.352 e. The van der Waals surface area contributed by atoms with Crippen molar-refractivity contribution in [2.24, 2.45) is 5.92 Å². The lowest BCUT2D eigenvalue weighted by molar-refractivity contribution is -0.134. The number of carbonyl (C=O) groups is 1. The Kier molecular flexibility index (Phi) is 5.22. The topological polar surface area (TPSA) is 67.2 Å². The molecule has 152 valence electrons. The Labute approximate surface area is 171 Å². The molecule has 1 aliphatic heterocycles. The number of hydrogen-bond donors (Lipinski definition) is 0. The van der Waals surface area contributed by atoms with Crippen LogP contribution in [0.3, 0.4) is 0 Å². The van der Waals surface area contributed by atoms with Crippen LogP contribution in [-0.2, 0) is 11.2 Å². The van der Waals surface area contributed by atoms with Gasteiger partial charge in [0.1, 0.15) is 11.6 Å². The summed E-state index contributed by atoms with van der Waals surface area (Å²) in [5, 5.41) is 5.57. The van der Waals surface area contributed by atoms with Gasteiger partial charge in [-0.3, -0.25) is 4.79 Å². The molecule has 0 saturated carbocycles. The third-order valence-corrected chi connectivity index (χ3v) is 5.43. The van der Waals surface area contributed by atoms with E-state index >= 15 is 0 Å². The van der Waals surface area contributed by atoms with Crippen LogP contribution in [0.1, 0.15) is 32.2 Å². The van der Waals surface area contributed by atoms with E-state index in [2.05, 4.69) is 48.1 Å². The highest BCUT2D eigenvalue weighted by Gasteiger charge is 2.26. The lowest BCUT2D eigenvalue weighted by atomic mass is 10.1. The third-order valence-electron chi connectivity index (χ3n) is 5.43. The second kappa shape index (κ2) is 7.81. The van der Waals surface area contributed by atoms with E-state index in [9.17, 15) is 4.79 Å². The van der Waals surface area contributed by atoms with E-state index in [1.807, 2.05) is 29.6 Å². The summed E-state index contributed by atoms with van der Waals surface area (Å²) in [6.45, 7) is 11.0. The van der Waals surface area contributed by atoms with Gasteiger partial charge in [-0.1, -0.05) is 38.5 Å². The zero-order chi connectivity index (χ0) is 20.5. The number of piperazine rings is 1. The van der Waals surface area contributed by atoms with Gasteiger partial charge in [-0.2, -0.15) is 5.10 Å². The Morgan fingerprint density at radius 2 is 1.76 bits per heavy atom. The number of benzene rings is 1. The standard InChI is InChI=1S/C22H28N6O/c1-5-19-24-20(26-10-12-27(13-11-26)22(29)15(2)3)18-14-23-28(21(18)25-19)17-8-6-16(4)7-9-17/h6-9,14-15H,5,10-13H2,1-4H3. The summed E-state index contributed by atoms with van der Waals surface area (Å²) in [4.78, 5) is 26.1. The van der Waals surface area contributed by atoms with E-state index < -0.39 is 0 Å². The van der Waals surface area contributed by atoms with Crippen LogP contribution in [0.4, 0.5) is 5.82 Å². The molecule has 7 heteroatoms. The molecule has 29 heavy (non-hydrogen) atoms. The van der Waals surface area contributed by atoms with Crippen LogP contribution >= 0.6 is 0 Å². The number of amides is 1. The van der Waals surface area contributed by atoms with Crippen LogP contribution in [0.5, 0.6) is 0 Å². The van der Waals surface area contributed by atoms with Crippen LogP contribution in [0.2, 0.25) is 0 Å². The number of aromatic nitrogens is 4. The maximum Gasteiger partial charge on any atom is 0.225 e. The molecule has 0 spiro atoms. The first-order chi connectivity index (χ1) is 14.0. The molecule has 0 atom stereocenters. The number of aryl methyl sites for hydroxylation is 2. The van der Waals surface area contributed by atoms with Gasteiger partial charge in [-0.25, -0.2) is 14.6 Å². The van der Waals surface area contributed by atoms with Crippen molar-refractivity contribution in [3.63, 3.8) is 0 Å². The molecule has 0 bridgehead atoms. The van der Waals surface area contributed by atoms with E-state index in [4.69, 9.17) is 9.97 Å². The third kappa shape index (κ3) is 3.69. The maximum absolute atomic E-state index is 12.3. The summed E-state index contributed by atoms with van der Waals surface area (Å²) in [5.41, 5.74) is 3.03. The molecule has 7 nitrogen and oxygen atoms in total. The van der Waals surface area contributed by atoms with E-state index in [-0.39, 0.29) is 11.8 Å². The minimum atomic E-state index is 0.0340. The molecule has 1 aromatic carbocycles. The van der Waals surface area contributed by atoms with E-state index in [0.717, 1.165) is 61.0 Å². The molecule has 3 heterocycles. The molecule has 0 N–H and O–H groups in total. The van der Waals surface area contributed by atoms with Crippen molar-refractivity contribution in [3.8, 4) is 5.69 Å². The van der Waals surface area contributed by atoms with Gasteiger partial charge in [-0.15, -0.1) is 0 Å². The number of nitrogens with zero attached hydrogens (tertiary/aromatic N) is 6. The smallest absolute Gasteiger partial charge is 0.225 e. The summed E-state index contributed by atoms with van der Waals surface area (Å²) >= 11 is 0. The quantitative estimate of drug-likeness (QED) is 0.683. The Balaban J connectivity index is 1.68. The molecule has 0 aliphatic carbocycles. The highest BCUT2D eigenvalue weighted by Crippen LogP contribution is 2.27. The van der Waals surface area contributed by atoms with Gasteiger partial charge in [0, 0.05) is 38.5 Å². The predicted molar refractivity (Wildman–Crippen MR) is 114 cm³/mol. The Bertz CT molecular complexity index is 1020. The number of fused-ring (bicyclic) bond motifs is 1. The summed E-state index contributed by atoms with van der Waals surface area (Å²) in [7, 11) is 0. The molecule has 0 unspecified atom stereocenters. The van der Waals surface area contributed by atoms with Crippen LogP contribution < -0.4 is 4.90 Å². The van der Waals surface area contributed by atoms with Gasteiger partial charge in [0.05, 0.1) is 17.3 Å². The Morgan fingerprint density at radius 1 is 1.07 bits per heavy atom. The van der Waals surface area contributed by atoms with Crippen LogP contribution in [-0.4, -0.2) is 56.7 Å². The van der Waals surface area contributed by atoms with Gasteiger partial charge in [0.15, 0.2) is 5.65 Å². The summed E-state index contributed by atoms with van der Waals surface area (Å²) in [6, 6.07) is 8.28. The van der Waals surface area contributed by atoms with Crippen molar-refractivity contribution < 1.29 is 4.79 Å². The number of hydrogen-bond acceptors (Lipinski definition) is 5. The molecule has 1 saturated heterocycles. The van der Waals surface area contributed by atoms with Crippen molar-refractivity contribution >= 4 is 22.8 Å². The van der Waals surface area contributed by atoms with Crippen LogP contribution in [0.15, 0.2) is 30.5 Å². The molecular formula is C22H28N6O.